The predicted octanol–water partition coefficient (Wildman–Crippen LogP) is 2.60. The number of carbonyl (C=O) groups is 2. The van der Waals surface area contributed by atoms with Crippen LogP contribution in [0.4, 0.5) is 13.6 Å². The fraction of sp³-hybridized carbons (Fsp3) is 0.429. The lowest BCUT2D eigenvalue weighted by molar-refractivity contribution is -0.109. The molecule has 0 bridgehead atoms. The minimum Gasteiger partial charge on any atom is -0.444 e. The summed E-state index contributed by atoms with van der Waals surface area (Å²) >= 11 is 0. The van der Waals surface area contributed by atoms with Crippen LogP contribution in [0.3, 0.4) is 0 Å². The molecule has 6 heteroatoms. The van der Waals surface area contributed by atoms with Crippen LogP contribution in [0.5, 0.6) is 0 Å². The highest BCUT2D eigenvalue weighted by Crippen LogP contribution is 2.14. The third-order valence-electron chi connectivity index (χ3n) is 2.35. The Hall–Kier alpha value is -1.98. The lowest BCUT2D eigenvalue weighted by Crippen LogP contribution is -2.41. The third-order valence-corrected chi connectivity index (χ3v) is 2.35. The maximum absolute atomic E-state index is 13.5. The number of rotatable bonds is 4. The molecule has 0 aliphatic heterocycles. The summed E-state index contributed by atoms with van der Waals surface area (Å²) in [6.07, 6.45) is -0.678. The van der Waals surface area contributed by atoms with Crippen molar-refractivity contribution >= 4 is 12.4 Å². The maximum atomic E-state index is 13.5. The summed E-state index contributed by atoms with van der Waals surface area (Å²) in [4.78, 5) is 22.4. The average molecular weight is 285 g/mol. The van der Waals surface area contributed by atoms with E-state index >= 15 is 0 Å². The first-order chi connectivity index (χ1) is 9.23. The zero-order valence-corrected chi connectivity index (χ0v) is 11.6. The summed E-state index contributed by atoms with van der Waals surface area (Å²) in [6.45, 7) is 5.00. The number of carbonyl (C=O) groups excluding carboxylic acids is 2. The first kappa shape index (κ1) is 16.1. The SMILES string of the molecule is CC(C)(C)OC(=O)N[C@H](C=O)Cc1c(F)cccc1F. The number of aldehydes is 1. The number of halogens is 2. The lowest BCUT2D eigenvalue weighted by atomic mass is 10.1. The molecule has 0 saturated heterocycles. The van der Waals surface area contributed by atoms with Gasteiger partial charge in [-0.25, -0.2) is 13.6 Å². The highest BCUT2D eigenvalue weighted by atomic mass is 19.1. The van der Waals surface area contributed by atoms with Crippen LogP contribution in [0.2, 0.25) is 0 Å². The zero-order valence-electron chi connectivity index (χ0n) is 11.6. The summed E-state index contributed by atoms with van der Waals surface area (Å²) in [5, 5.41) is 2.26. The molecule has 0 aromatic heterocycles. The Labute approximate surface area is 116 Å². The number of ether oxygens (including phenoxy) is 1. The van der Waals surface area contributed by atoms with E-state index in [9.17, 15) is 18.4 Å². The molecule has 1 N–H and O–H groups in total. The molecule has 110 valence electrons. The van der Waals surface area contributed by atoms with Crippen molar-refractivity contribution in [1.29, 1.82) is 0 Å². The van der Waals surface area contributed by atoms with E-state index in [4.69, 9.17) is 4.74 Å². The molecule has 1 aromatic rings. The first-order valence-electron chi connectivity index (χ1n) is 6.10. The number of benzene rings is 1. The summed E-state index contributed by atoms with van der Waals surface area (Å²) in [5.41, 5.74) is -0.971. The Morgan fingerprint density at radius 1 is 1.35 bits per heavy atom. The zero-order chi connectivity index (χ0) is 15.3. The van der Waals surface area contributed by atoms with Gasteiger partial charge in [0.05, 0.1) is 6.04 Å². The Morgan fingerprint density at radius 2 is 1.90 bits per heavy atom. The van der Waals surface area contributed by atoms with Crippen molar-refractivity contribution in [3.8, 4) is 0 Å². The van der Waals surface area contributed by atoms with E-state index in [0.717, 1.165) is 12.1 Å². The largest absolute Gasteiger partial charge is 0.444 e. The van der Waals surface area contributed by atoms with Gasteiger partial charge in [0, 0.05) is 12.0 Å². The molecule has 0 saturated carbocycles. The quantitative estimate of drug-likeness (QED) is 0.865. The van der Waals surface area contributed by atoms with Gasteiger partial charge in [-0.2, -0.15) is 0 Å². The van der Waals surface area contributed by atoms with Gasteiger partial charge in [-0.15, -0.1) is 0 Å². The third kappa shape index (κ3) is 4.95. The Kier molecular flexibility index (Phi) is 5.19. The van der Waals surface area contributed by atoms with E-state index in [1.807, 2.05) is 0 Å². The van der Waals surface area contributed by atoms with Gasteiger partial charge < -0.3 is 14.8 Å². The van der Waals surface area contributed by atoms with Crippen molar-refractivity contribution in [2.75, 3.05) is 0 Å². The number of hydrogen-bond acceptors (Lipinski definition) is 3. The smallest absolute Gasteiger partial charge is 0.408 e. The molecule has 1 amide bonds. The molecule has 0 heterocycles. The molecular weight excluding hydrogens is 268 g/mol. The summed E-state index contributed by atoms with van der Waals surface area (Å²) in [7, 11) is 0. The molecule has 0 aliphatic carbocycles. The highest BCUT2D eigenvalue weighted by molar-refractivity contribution is 5.73. The normalized spacial score (nSPS) is 12.7. The van der Waals surface area contributed by atoms with E-state index in [1.54, 1.807) is 20.8 Å². The minimum atomic E-state index is -1.06. The molecular formula is C14H17F2NO3. The fourth-order valence-corrected chi connectivity index (χ4v) is 1.54. The molecule has 0 unspecified atom stereocenters. The second-order valence-electron chi connectivity index (χ2n) is 5.29. The van der Waals surface area contributed by atoms with E-state index < -0.39 is 29.4 Å². The number of nitrogens with one attached hydrogen (secondary N) is 1. The van der Waals surface area contributed by atoms with Crippen molar-refractivity contribution in [3.63, 3.8) is 0 Å². The van der Waals surface area contributed by atoms with Crippen molar-refractivity contribution in [2.45, 2.75) is 38.8 Å². The Morgan fingerprint density at radius 3 is 2.35 bits per heavy atom. The molecule has 0 spiro atoms. The number of alkyl carbamates (subject to hydrolysis) is 1. The van der Waals surface area contributed by atoms with E-state index in [1.165, 1.54) is 6.07 Å². The molecule has 0 aliphatic rings. The summed E-state index contributed by atoms with van der Waals surface area (Å²) in [5.74, 6) is -1.52. The van der Waals surface area contributed by atoms with Crippen molar-refractivity contribution in [2.24, 2.45) is 0 Å². The van der Waals surface area contributed by atoms with Gasteiger partial charge >= 0.3 is 6.09 Å². The van der Waals surface area contributed by atoms with Crippen molar-refractivity contribution in [1.82, 2.24) is 5.32 Å². The van der Waals surface area contributed by atoms with Crippen LogP contribution < -0.4 is 5.32 Å². The van der Waals surface area contributed by atoms with Crippen LogP contribution >= 0.6 is 0 Å². The molecule has 4 nitrogen and oxygen atoms in total. The van der Waals surface area contributed by atoms with Crippen molar-refractivity contribution < 1.29 is 23.1 Å². The van der Waals surface area contributed by atoms with Crippen LogP contribution in [-0.4, -0.2) is 24.0 Å². The van der Waals surface area contributed by atoms with Crippen LogP contribution in [-0.2, 0) is 16.0 Å². The van der Waals surface area contributed by atoms with Gasteiger partial charge in [-0.3, -0.25) is 0 Å². The molecule has 20 heavy (non-hydrogen) atoms. The molecule has 1 rings (SSSR count). The van der Waals surface area contributed by atoms with Crippen LogP contribution in [0.1, 0.15) is 26.3 Å². The standard InChI is InChI=1S/C14H17F2NO3/c1-14(2,3)20-13(19)17-9(8-18)7-10-11(15)5-4-6-12(10)16/h4-6,8-9H,7H2,1-3H3,(H,17,19)/t9-/m0/s1. The summed E-state index contributed by atoms with van der Waals surface area (Å²) < 4.78 is 31.9. The number of amides is 1. The minimum absolute atomic E-state index is 0.249. The Bertz CT molecular complexity index is 477. The molecule has 0 fully saturated rings. The molecule has 1 aromatic carbocycles. The molecule has 1 atom stereocenters. The fourth-order valence-electron chi connectivity index (χ4n) is 1.54. The van der Waals surface area contributed by atoms with Gasteiger partial charge in [-0.05, 0) is 32.9 Å². The topological polar surface area (TPSA) is 55.4 Å². The first-order valence-corrected chi connectivity index (χ1v) is 6.10. The van der Waals surface area contributed by atoms with Gasteiger partial charge in [0.1, 0.15) is 23.5 Å². The van der Waals surface area contributed by atoms with Crippen LogP contribution in [0.15, 0.2) is 18.2 Å². The van der Waals surface area contributed by atoms with Gasteiger partial charge in [0.15, 0.2) is 0 Å². The van der Waals surface area contributed by atoms with E-state index in [2.05, 4.69) is 5.32 Å². The molecule has 0 radical (unpaired) electrons. The Balaban J connectivity index is 2.73. The van der Waals surface area contributed by atoms with Gasteiger partial charge in [-0.1, -0.05) is 6.07 Å². The van der Waals surface area contributed by atoms with E-state index in [-0.39, 0.29) is 12.0 Å². The average Bonchev–Trinajstić information content (AvgIpc) is 2.30. The highest BCUT2D eigenvalue weighted by Gasteiger charge is 2.21. The number of hydrogen-bond donors (Lipinski definition) is 1. The predicted molar refractivity (Wildman–Crippen MR) is 69.3 cm³/mol. The van der Waals surface area contributed by atoms with Crippen molar-refractivity contribution in [3.05, 3.63) is 35.4 Å². The summed E-state index contributed by atoms with van der Waals surface area (Å²) in [6, 6.07) is 2.35. The van der Waals surface area contributed by atoms with Crippen LogP contribution in [0.25, 0.3) is 0 Å². The second kappa shape index (κ2) is 6.45. The maximum Gasteiger partial charge on any atom is 0.408 e. The van der Waals surface area contributed by atoms with Gasteiger partial charge in [0.2, 0.25) is 0 Å². The second-order valence-corrected chi connectivity index (χ2v) is 5.29. The van der Waals surface area contributed by atoms with Crippen LogP contribution in [0, 0.1) is 11.6 Å². The monoisotopic (exact) mass is 285 g/mol. The lowest BCUT2D eigenvalue weighted by Gasteiger charge is -2.21. The van der Waals surface area contributed by atoms with E-state index in [0.29, 0.717) is 6.29 Å². The van der Waals surface area contributed by atoms with Gasteiger partial charge in [0.25, 0.3) is 0 Å².